The van der Waals surface area contributed by atoms with Gasteiger partial charge in [-0.1, -0.05) is 41.0 Å². The maximum Gasteiger partial charge on any atom is 0.135 e. The Labute approximate surface area is 124 Å². The molecular weight excluding hydrogens is 248 g/mol. The lowest BCUT2D eigenvalue weighted by molar-refractivity contribution is 0.556. The summed E-state index contributed by atoms with van der Waals surface area (Å²) in [7, 11) is 2.11. The van der Waals surface area contributed by atoms with Gasteiger partial charge in [0.2, 0.25) is 0 Å². The normalized spacial score (nSPS) is 12.6. The van der Waals surface area contributed by atoms with Crippen LogP contribution in [0.1, 0.15) is 59.2 Å². The van der Waals surface area contributed by atoms with Crippen LogP contribution in [0.2, 0.25) is 0 Å². The van der Waals surface area contributed by atoms with E-state index in [0.29, 0.717) is 11.8 Å². The van der Waals surface area contributed by atoms with Crippen molar-refractivity contribution in [3.63, 3.8) is 0 Å². The molecule has 1 rings (SSSR count). The van der Waals surface area contributed by atoms with Crippen molar-refractivity contribution in [1.29, 1.82) is 0 Å². The molecule has 1 heterocycles. The molecule has 20 heavy (non-hydrogen) atoms. The van der Waals surface area contributed by atoms with E-state index < -0.39 is 0 Å². The van der Waals surface area contributed by atoms with Gasteiger partial charge in [0.25, 0.3) is 0 Å². The molecule has 0 aliphatic rings. The van der Waals surface area contributed by atoms with Crippen LogP contribution in [-0.2, 0) is 0 Å². The molecule has 0 aliphatic carbocycles. The highest BCUT2D eigenvalue weighted by Crippen LogP contribution is 2.20. The number of nitrogens with one attached hydrogen (secondary N) is 1. The molecule has 0 bridgehead atoms. The predicted octanol–water partition coefficient (Wildman–Crippen LogP) is 3.90. The SMILES string of the molecule is CCCNc1cc(N(C)CC(C)CC)nc(C(C)C)n1. The molecule has 0 saturated heterocycles. The maximum absolute atomic E-state index is 4.70. The Morgan fingerprint density at radius 2 is 1.90 bits per heavy atom. The molecule has 114 valence electrons. The number of nitrogens with zero attached hydrogens (tertiary/aromatic N) is 3. The first kappa shape index (κ1) is 16.7. The van der Waals surface area contributed by atoms with E-state index in [0.717, 1.165) is 37.0 Å². The summed E-state index contributed by atoms with van der Waals surface area (Å²) < 4.78 is 0. The number of rotatable bonds is 8. The summed E-state index contributed by atoms with van der Waals surface area (Å²) >= 11 is 0. The van der Waals surface area contributed by atoms with Gasteiger partial charge in [0.15, 0.2) is 0 Å². The molecule has 0 aromatic carbocycles. The van der Waals surface area contributed by atoms with Gasteiger partial charge in [-0.05, 0) is 12.3 Å². The number of anilines is 2. The van der Waals surface area contributed by atoms with E-state index in [-0.39, 0.29) is 0 Å². The molecule has 1 unspecified atom stereocenters. The number of aromatic nitrogens is 2. The van der Waals surface area contributed by atoms with Gasteiger partial charge >= 0.3 is 0 Å². The zero-order valence-corrected chi connectivity index (χ0v) is 13.9. The van der Waals surface area contributed by atoms with Crippen LogP contribution in [0.25, 0.3) is 0 Å². The summed E-state index contributed by atoms with van der Waals surface area (Å²) in [6.45, 7) is 12.9. The quantitative estimate of drug-likeness (QED) is 0.783. The highest BCUT2D eigenvalue weighted by Gasteiger charge is 2.12. The molecule has 0 spiro atoms. The molecule has 0 saturated carbocycles. The molecule has 1 aromatic rings. The summed E-state index contributed by atoms with van der Waals surface area (Å²) in [4.78, 5) is 11.5. The molecule has 0 amide bonds. The minimum absolute atomic E-state index is 0.342. The first-order chi connectivity index (χ1) is 9.47. The maximum atomic E-state index is 4.70. The molecule has 4 nitrogen and oxygen atoms in total. The van der Waals surface area contributed by atoms with Crippen LogP contribution in [0.4, 0.5) is 11.6 Å². The van der Waals surface area contributed by atoms with E-state index in [9.17, 15) is 0 Å². The highest BCUT2D eigenvalue weighted by molar-refractivity contribution is 5.49. The molecule has 1 atom stereocenters. The fourth-order valence-corrected chi connectivity index (χ4v) is 1.94. The van der Waals surface area contributed by atoms with Crippen molar-refractivity contribution < 1.29 is 0 Å². The lowest BCUT2D eigenvalue weighted by Gasteiger charge is -2.23. The lowest BCUT2D eigenvalue weighted by atomic mass is 10.1. The van der Waals surface area contributed by atoms with Crippen molar-refractivity contribution in [1.82, 2.24) is 9.97 Å². The molecule has 0 radical (unpaired) electrons. The van der Waals surface area contributed by atoms with Gasteiger partial charge in [-0.3, -0.25) is 0 Å². The Hall–Kier alpha value is -1.32. The second-order valence-corrected chi connectivity index (χ2v) is 5.95. The third kappa shape index (κ3) is 4.99. The van der Waals surface area contributed by atoms with Crippen LogP contribution in [0, 0.1) is 5.92 Å². The largest absolute Gasteiger partial charge is 0.370 e. The molecule has 0 fully saturated rings. The Morgan fingerprint density at radius 1 is 1.20 bits per heavy atom. The summed E-state index contributed by atoms with van der Waals surface area (Å²) in [5.41, 5.74) is 0. The van der Waals surface area contributed by atoms with Gasteiger partial charge in [0.05, 0.1) is 0 Å². The van der Waals surface area contributed by atoms with Crippen molar-refractivity contribution >= 4 is 11.6 Å². The second-order valence-electron chi connectivity index (χ2n) is 5.95. The van der Waals surface area contributed by atoms with Crippen LogP contribution in [-0.4, -0.2) is 30.1 Å². The Kier molecular flexibility index (Phi) is 6.76. The minimum Gasteiger partial charge on any atom is -0.370 e. The van der Waals surface area contributed by atoms with Crippen molar-refractivity contribution in [2.75, 3.05) is 30.4 Å². The average molecular weight is 278 g/mol. The van der Waals surface area contributed by atoms with Crippen LogP contribution in [0.15, 0.2) is 6.07 Å². The molecule has 4 heteroatoms. The Morgan fingerprint density at radius 3 is 2.45 bits per heavy atom. The van der Waals surface area contributed by atoms with E-state index in [1.165, 1.54) is 6.42 Å². The van der Waals surface area contributed by atoms with Crippen molar-refractivity contribution in [3.05, 3.63) is 11.9 Å². The molecule has 1 N–H and O–H groups in total. The van der Waals surface area contributed by atoms with E-state index in [1.807, 2.05) is 0 Å². The molecule has 0 aliphatic heterocycles. The molecule has 1 aromatic heterocycles. The third-order valence-electron chi connectivity index (χ3n) is 3.48. The standard InChI is InChI=1S/C16H30N4/c1-7-9-17-14-10-15(19-16(18-14)12(3)4)20(6)11-13(5)8-2/h10,12-13H,7-9,11H2,1-6H3,(H,17,18,19). The smallest absolute Gasteiger partial charge is 0.135 e. The van der Waals surface area contributed by atoms with Crippen molar-refractivity contribution in [3.8, 4) is 0 Å². The average Bonchev–Trinajstić information content (AvgIpc) is 2.44. The van der Waals surface area contributed by atoms with E-state index in [1.54, 1.807) is 0 Å². The van der Waals surface area contributed by atoms with Gasteiger partial charge < -0.3 is 10.2 Å². The monoisotopic (exact) mass is 278 g/mol. The second kappa shape index (κ2) is 8.08. The van der Waals surface area contributed by atoms with E-state index >= 15 is 0 Å². The fraction of sp³-hybridized carbons (Fsp3) is 0.750. The van der Waals surface area contributed by atoms with E-state index in [2.05, 4.69) is 62.9 Å². The topological polar surface area (TPSA) is 41.0 Å². The van der Waals surface area contributed by atoms with Crippen molar-refractivity contribution in [2.45, 2.75) is 53.4 Å². The summed E-state index contributed by atoms with van der Waals surface area (Å²) in [6, 6.07) is 2.06. The van der Waals surface area contributed by atoms with Crippen LogP contribution < -0.4 is 10.2 Å². The van der Waals surface area contributed by atoms with Crippen LogP contribution in [0.3, 0.4) is 0 Å². The van der Waals surface area contributed by atoms with Gasteiger partial charge in [0.1, 0.15) is 17.5 Å². The lowest BCUT2D eigenvalue weighted by Crippen LogP contribution is -2.25. The summed E-state index contributed by atoms with van der Waals surface area (Å²) in [6.07, 6.45) is 2.28. The van der Waals surface area contributed by atoms with E-state index in [4.69, 9.17) is 4.98 Å². The highest BCUT2D eigenvalue weighted by atomic mass is 15.2. The fourth-order valence-electron chi connectivity index (χ4n) is 1.94. The van der Waals surface area contributed by atoms with Gasteiger partial charge in [0, 0.05) is 32.1 Å². The Bertz CT molecular complexity index is 403. The number of hydrogen-bond acceptors (Lipinski definition) is 4. The zero-order chi connectivity index (χ0) is 15.1. The first-order valence-electron chi connectivity index (χ1n) is 7.81. The first-order valence-corrected chi connectivity index (χ1v) is 7.81. The van der Waals surface area contributed by atoms with Crippen LogP contribution in [0.5, 0.6) is 0 Å². The van der Waals surface area contributed by atoms with Gasteiger partial charge in [-0.2, -0.15) is 0 Å². The molecular formula is C16H30N4. The summed E-state index contributed by atoms with van der Waals surface area (Å²) in [5, 5.41) is 3.37. The van der Waals surface area contributed by atoms with Crippen molar-refractivity contribution in [2.24, 2.45) is 5.92 Å². The predicted molar refractivity (Wildman–Crippen MR) is 87.6 cm³/mol. The van der Waals surface area contributed by atoms with Gasteiger partial charge in [-0.15, -0.1) is 0 Å². The minimum atomic E-state index is 0.342. The zero-order valence-electron chi connectivity index (χ0n) is 13.9. The summed E-state index contributed by atoms with van der Waals surface area (Å²) in [5.74, 6) is 3.88. The van der Waals surface area contributed by atoms with Gasteiger partial charge in [-0.25, -0.2) is 9.97 Å². The Balaban J connectivity index is 2.95. The number of hydrogen-bond donors (Lipinski definition) is 1. The third-order valence-corrected chi connectivity index (χ3v) is 3.48. The van der Waals surface area contributed by atoms with Crippen LogP contribution >= 0.6 is 0 Å².